The number of likely N-dealkylation sites (tertiary alicyclic amines) is 1. The second kappa shape index (κ2) is 7.54. The highest BCUT2D eigenvalue weighted by Crippen LogP contribution is 2.29. The first kappa shape index (κ1) is 19.1. The van der Waals surface area contributed by atoms with Crippen molar-refractivity contribution in [1.82, 2.24) is 14.9 Å². The van der Waals surface area contributed by atoms with Gasteiger partial charge in [0.2, 0.25) is 0 Å². The molecule has 8 heteroatoms. The van der Waals surface area contributed by atoms with Gasteiger partial charge in [0.15, 0.2) is 0 Å². The van der Waals surface area contributed by atoms with Gasteiger partial charge in [0.1, 0.15) is 6.10 Å². The number of benzene rings is 1. The van der Waals surface area contributed by atoms with Crippen LogP contribution in [0.4, 0.5) is 13.2 Å². The SMILES string of the molecule is Cc1cc(C)nc(OC2CCCN(C(=O)c3ccc(C(F)(F)F)cc3)C2)n1. The van der Waals surface area contributed by atoms with E-state index >= 15 is 0 Å². The molecule has 27 heavy (non-hydrogen) atoms. The van der Waals surface area contributed by atoms with E-state index in [0.29, 0.717) is 13.1 Å². The van der Waals surface area contributed by atoms with Crippen molar-refractivity contribution in [1.29, 1.82) is 0 Å². The summed E-state index contributed by atoms with van der Waals surface area (Å²) in [7, 11) is 0. The average Bonchev–Trinajstić information content (AvgIpc) is 2.60. The van der Waals surface area contributed by atoms with Crippen LogP contribution in [0.3, 0.4) is 0 Å². The average molecular weight is 379 g/mol. The lowest BCUT2D eigenvalue weighted by atomic mass is 10.1. The number of hydrogen-bond donors (Lipinski definition) is 0. The summed E-state index contributed by atoms with van der Waals surface area (Å²) in [4.78, 5) is 22.7. The molecule has 1 unspecified atom stereocenters. The number of rotatable bonds is 3. The quantitative estimate of drug-likeness (QED) is 0.814. The lowest BCUT2D eigenvalue weighted by Crippen LogP contribution is -2.44. The highest BCUT2D eigenvalue weighted by atomic mass is 19.4. The van der Waals surface area contributed by atoms with Crippen molar-refractivity contribution in [3.63, 3.8) is 0 Å². The summed E-state index contributed by atoms with van der Waals surface area (Å²) >= 11 is 0. The minimum atomic E-state index is -4.42. The molecule has 1 aromatic carbocycles. The molecular weight excluding hydrogens is 359 g/mol. The van der Waals surface area contributed by atoms with Gasteiger partial charge in [0.05, 0.1) is 12.1 Å². The Bertz CT molecular complexity index is 802. The largest absolute Gasteiger partial charge is 0.458 e. The summed E-state index contributed by atoms with van der Waals surface area (Å²) in [5.74, 6) is -0.307. The molecule has 0 N–H and O–H groups in total. The molecule has 1 atom stereocenters. The third-order valence-corrected chi connectivity index (χ3v) is 4.36. The Hall–Kier alpha value is -2.64. The molecule has 5 nitrogen and oxygen atoms in total. The van der Waals surface area contributed by atoms with Crippen molar-refractivity contribution in [2.75, 3.05) is 13.1 Å². The second-order valence-corrected chi connectivity index (χ2v) is 6.64. The van der Waals surface area contributed by atoms with Gasteiger partial charge < -0.3 is 9.64 Å². The Morgan fingerprint density at radius 2 is 1.78 bits per heavy atom. The molecule has 0 radical (unpaired) electrons. The van der Waals surface area contributed by atoms with Gasteiger partial charge in [-0.05, 0) is 57.0 Å². The van der Waals surface area contributed by atoms with E-state index in [1.807, 2.05) is 19.9 Å². The molecule has 2 heterocycles. The maximum atomic E-state index is 12.7. The van der Waals surface area contributed by atoms with E-state index in [9.17, 15) is 18.0 Å². The number of hydrogen-bond acceptors (Lipinski definition) is 4. The monoisotopic (exact) mass is 379 g/mol. The van der Waals surface area contributed by atoms with Crippen molar-refractivity contribution in [3.05, 3.63) is 52.8 Å². The zero-order chi connectivity index (χ0) is 19.6. The van der Waals surface area contributed by atoms with Crippen LogP contribution in [-0.4, -0.2) is 40.0 Å². The Morgan fingerprint density at radius 1 is 1.15 bits per heavy atom. The summed E-state index contributed by atoms with van der Waals surface area (Å²) in [6.07, 6.45) is -3.18. The van der Waals surface area contributed by atoms with Crippen LogP contribution in [0.5, 0.6) is 6.01 Å². The molecule has 0 bridgehead atoms. The number of halogens is 3. The van der Waals surface area contributed by atoms with E-state index in [2.05, 4.69) is 9.97 Å². The van der Waals surface area contributed by atoms with Crippen molar-refractivity contribution in [2.45, 2.75) is 39.0 Å². The van der Waals surface area contributed by atoms with Crippen LogP contribution < -0.4 is 4.74 Å². The minimum Gasteiger partial charge on any atom is -0.458 e. The van der Waals surface area contributed by atoms with Crippen LogP contribution in [0.15, 0.2) is 30.3 Å². The smallest absolute Gasteiger partial charge is 0.416 e. The molecule has 1 amide bonds. The molecule has 3 rings (SSSR count). The topological polar surface area (TPSA) is 55.3 Å². The molecule has 0 aliphatic carbocycles. The zero-order valence-electron chi connectivity index (χ0n) is 15.1. The summed E-state index contributed by atoms with van der Waals surface area (Å²) in [6.45, 7) is 4.58. The fourth-order valence-electron chi connectivity index (χ4n) is 3.10. The van der Waals surface area contributed by atoms with E-state index in [1.54, 1.807) is 4.90 Å². The van der Waals surface area contributed by atoms with Gasteiger partial charge >= 0.3 is 12.2 Å². The molecule has 1 saturated heterocycles. The van der Waals surface area contributed by atoms with Crippen LogP contribution in [0, 0.1) is 13.8 Å². The number of nitrogens with zero attached hydrogens (tertiary/aromatic N) is 3. The van der Waals surface area contributed by atoms with Crippen molar-refractivity contribution in [3.8, 4) is 6.01 Å². The van der Waals surface area contributed by atoms with E-state index < -0.39 is 11.7 Å². The first-order chi connectivity index (χ1) is 12.7. The van der Waals surface area contributed by atoms with Crippen LogP contribution in [0.25, 0.3) is 0 Å². The highest BCUT2D eigenvalue weighted by molar-refractivity contribution is 5.94. The molecule has 1 aromatic heterocycles. The first-order valence-corrected chi connectivity index (χ1v) is 8.68. The van der Waals surface area contributed by atoms with Gasteiger partial charge in [0.25, 0.3) is 5.91 Å². The normalized spacial score (nSPS) is 17.7. The highest BCUT2D eigenvalue weighted by Gasteiger charge is 2.31. The van der Waals surface area contributed by atoms with Crippen LogP contribution in [0.2, 0.25) is 0 Å². The zero-order valence-corrected chi connectivity index (χ0v) is 15.1. The van der Waals surface area contributed by atoms with Crippen LogP contribution in [0.1, 0.15) is 40.2 Å². The fraction of sp³-hybridized carbons (Fsp3) is 0.421. The van der Waals surface area contributed by atoms with Gasteiger partial charge in [-0.25, -0.2) is 9.97 Å². The molecule has 1 fully saturated rings. The Morgan fingerprint density at radius 3 is 2.37 bits per heavy atom. The molecule has 2 aromatic rings. The van der Waals surface area contributed by atoms with Crippen LogP contribution >= 0.6 is 0 Å². The molecule has 144 valence electrons. The Balaban J connectivity index is 1.67. The Kier molecular flexibility index (Phi) is 5.34. The second-order valence-electron chi connectivity index (χ2n) is 6.64. The van der Waals surface area contributed by atoms with Gasteiger partial charge in [-0.1, -0.05) is 0 Å². The maximum Gasteiger partial charge on any atom is 0.416 e. The first-order valence-electron chi connectivity index (χ1n) is 8.68. The Labute approximate surface area is 155 Å². The summed E-state index contributed by atoms with van der Waals surface area (Å²) in [5, 5.41) is 0. The molecule has 1 aliphatic heterocycles. The maximum absolute atomic E-state index is 12.7. The molecule has 0 spiro atoms. The number of alkyl halides is 3. The number of carbonyl (C=O) groups excluding carboxylic acids is 1. The predicted octanol–water partition coefficient (Wildman–Crippen LogP) is 3.80. The van der Waals surface area contributed by atoms with Gasteiger partial charge in [-0.2, -0.15) is 13.2 Å². The third-order valence-electron chi connectivity index (χ3n) is 4.36. The number of amides is 1. The summed E-state index contributed by atoms with van der Waals surface area (Å²) < 4.78 is 43.8. The fourth-order valence-corrected chi connectivity index (χ4v) is 3.10. The van der Waals surface area contributed by atoms with Crippen molar-refractivity contribution < 1.29 is 22.7 Å². The standard InChI is InChI=1S/C19H20F3N3O2/c1-12-10-13(2)24-18(23-12)27-16-4-3-9-25(11-16)17(26)14-5-7-15(8-6-14)19(20,21)22/h5-8,10,16H,3-4,9,11H2,1-2H3. The van der Waals surface area contributed by atoms with Gasteiger partial charge in [-0.3, -0.25) is 4.79 Å². The van der Waals surface area contributed by atoms with Crippen molar-refractivity contribution in [2.24, 2.45) is 0 Å². The number of piperidine rings is 1. The van der Waals surface area contributed by atoms with Crippen molar-refractivity contribution >= 4 is 5.91 Å². The number of aryl methyl sites for hydroxylation is 2. The van der Waals surface area contributed by atoms with E-state index in [4.69, 9.17) is 4.74 Å². The summed E-state index contributed by atoms with van der Waals surface area (Å²) in [6, 6.07) is 6.39. The number of aromatic nitrogens is 2. The third kappa shape index (κ3) is 4.75. The molecular formula is C19H20F3N3O2. The minimum absolute atomic E-state index is 0.228. The van der Waals surface area contributed by atoms with E-state index in [-0.39, 0.29) is 23.6 Å². The number of ether oxygens (including phenoxy) is 1. The number of carbonyl (C=O) groups is 1. The predicted molar refractivity (Wildman–Crippen MR) is 92.5 cm³/mol. The molecule has 1 aliphatic rings. The van der Waals surface area contributed by atoms with Gasteiger partial charge in [-0.15, -0.1) is 0 Å². The lowest BCUT2D eigenvalue weighted by molar-refractivity contribution is -0.137. The summed E-state index contributed by atoms with van der Waals surface area (Å²) in [5.41, 5.74) is 1.05. The van der Waals surface area contributed by atoms with Gasteiger partial charge in [0, 0.05) is 23.5 Å². The van der Waals surface area contributed by atoms with E-state index in [0.717, 1.165) is 36.4 Å². The van der Waals surface area contributed by atoms with Crippen LogP contribution in [-0.2, 0) is 6.18 Å². The van der Waals surface area contributed by atoms with E-state index in [1.165, 1.54) is 12.1 Å². The lowest BCUT2D eigenvalue weighted by Gasteiger charge is -2.32. The molecule has 0 saturated carbocycles.